The number of fused-ring (bicyclic) bond motifs is 1. The molecule has 2 aliphatic rings. The lowest BCUT2D eigenvalue weighted by atomic mass is 9.97. The summed E-state index contributed by atoms with van der Waals surface area (Å²) in [6, 6.07) is 0. The van der Waals surface area contributed by atoms with Gasteiger partial charge in [-0.15, -0.1) is 0 Å². The van der Waals surface area contributed by atoms with E-state index >= 15 is 0 Å². The minimum Gasteiger partial charge on any atom is -0.396 e. The van der Waals surface area contributed by atoms with E-state index in [1.807, 2.05) is 6.92 Å². The van der Waals surface area contributed by atoms with Crippen molar-refractivity contribution in [2.45, 2.75) is 50.9 Å². The highest BCUT2D eigenvalue weighted by atomic mass is 16.5. The first-order chi connectivity index (χ1) is 6.76. The van der Waals surface area contributed by atoms with E-state index in [4.69, 9.17) is 9.84 Å². The van der Waals surface area contributed by atoms with E-state index in [1.54, 1.807) is 0 Å². The molecule has 3 heteroatoms. The van der Waals surface area contributed by atoms with Gasteiger partial charge in [0.2, 0.25) is 0 Å². The van der Waals surface area contributed by atoms with Gasteiger partial charge in [-0.05, 0) is 31.6 Å². The Kier molecular flexibility index (Phi) is 3.10. The molecule has 3 nitrogen and oxygen atoms in total. The standard InChI is InChI=1S/C11H20O3/c1-2-9(13)10-5-7-3-4-8(6-12)11(7)14-10/h7-13H,2-6H2,1H3. The first-order valence-corrected chi connectivity index (χ1v) is 5.70. The SMILES string of the molecule is CCC(O)C1CC2CCC(CO)C2O1. The topological polar surface area (TPSA) is 49.7 Å². The molecule has 1 saturated heterocycles. The zero-order valence-corrected chi connectivity index (χ0v) is 8.72. The van der Waals surface area contributed by atoms with E-state index in [2.05, 4.69) is 0 Å². The highest BCUT2D eigenvalue weighted by molar-refractivity contribution is 4.94. The normalized spacial score (nSPS) is 43.9. The molecule has 1 heterocycles. The van der Waals surface area contributed by atoms with Crippen molar-refractivity contribution >= 4 is 0 Å². The van der Waals surface area contributed by atoms with Crippen LogP contribution in [0.25, 0.3) is 0 Å². The Morgan fingerprint density at radius 3 is 2.86 bits per heavy atom. The van der Waals surface area contributed by atoms with E-state index in [9.17, 15) is 5.11 Å². The molecule has 82 valence electrons. The monoisotopic (exact) mass is 200 g/mol. The van der Waals surface area contributed by atoms with Crippen LogP contribution in [0.3, 0.4) is 0 Å². The summed E-state index contributed by atoms with van der Waals surface area (Å²) in [6.07, 6.45) is 3.89. The number of hydrogen-bond donors (Lipinski definition) is 2. The van der Waals surface area contributed by atoms with Gasteiger partial charge in [-0.1, -0.05) is 6.92 Å². The zero-order valence-electron chi connectivity index (χ0n) is 8.72. The molecule has 0 spiro atoms. The van der Waals surface area contributed by atoms with E-state index < -0.39 is 0 Å². The summed E-state index contributed by atoms with van der Waals surface area (Å²) < 4.78 is 5.83. The van der Waals surface area contributed by atoms with Crippen molar-refractivity contribution in [1.29, 1.82) is 0 Å². The molecule has 1 saturated carbocycles. The van der Waals surface area contributed by atoms with Gasteiger partial charge in [-0.2, -0.15) is 0 Å². The average molecular weight is 200 g/mol. The highest BCUT2D eigenvalue weighted by Crippen LogP contribution is 2.43. The van der Waals surface area contributed by atoms with Crippen LogP contribution in [0.4, 0.5) is 0 Å². The first kappa shape index (κ1) is 10.4. The number of aliphatic hydroxyl groups excluding tert-OH is 2. The van der Waals surface area contributed by atoms with Crippen molar-refractivity contribution < 1.29 is 14.9 Å². The summed E-state index contributed by atoms with van der Waals surface area (Å²) in [6.45, 7) is 2.21. The third kappa shape index (κ3) is 1.69. The van der Waals surface area contributed by atoms with Gasteiger partial charge in [0.1, 0.15) is 0 Å². The largest absolute Gasteiger partial charge is 0.396 e. The highest BCUT2D eigenvalue weighted by Gasteiger charge is 2.45. The summed E-state index contributed by atoms with van der Waals surface area (Å²) in [5.41, 5.74) is 0. The summed E-state index contributed by atoms with van der Waals surface area (Å²) in [4.78, 5) is 0. The minimum absolute atomic E-state index is 0.0179. The van der Waals surface area contributed by atoms with Crippen molar-refractivity contribution in [1.82, 2.24) is 0 Å². The second kappa shape index (κ2) is 4.17. The molecule has 2 rings (SSSR count). The fraction of sp³-hybridized carbons (Fsp3) is 1.00. The molecule has 1 aliphatic carbocycles. The summed E-state index contributed by atoms with van der Waals surface area (Å²) >= 11 is 0. The lowest BCUT2D eigenvalue weighted by Gasteiger charge is -2.20. The number of hydrogen-bond acceptors (Lipinski definition) is 3. The maximum absolute atomic E-state index is 9.68. The van der Waals surface area contributed by atoms with Crippen LogP contribution in [0.15, 0.2) is 0 Å². The number of aliphatic hydroxyl groups is 2. The average Bonchev–Trinajstić information content (AvgIpc) is 2.74. The van der Waals surface area contributed by atoms with Crippen molar-refractivity contribution in [3.8, 4) is 0 Å². The summed E-state index contributed by atoms with van der Waals surface area (Å²) in [5.74, 6) is 0.896. The molecule has 0 amide bonds. The van der Waals surface area contributed by atoms with Crippen LogP contribution in [0.5, 0.6) is 0 Å². The maximum Gasteiger partial charge on any atom is 0.0841 e. The van der Waals surface area contributed by atoms with Crippen LogP contribution in [0, 0.1) is 11.8 Å². The molecular weight excluding hydrogens is 180 g/mol. The molecular formula is C11H20O3. The van der Waals surface area contributed by atoms with Gasteiger partial charge in [-0.3, -0.25) is 0 Å². The van der Waals surface area contributed by atoms with E-state index in [-0.39, 0.29) is 24.9 Å². The van der Waals surface area contributed by atoms with Crippen molar-refractivity contribution in [2.75, 3.05) is 6.61 Å². The molecule has 0 aromatic carbocycles. The number of rotatable bonds is 3. The third-order valence-corrected chi connectivity index (χ3v) is 3.79. The van der Waals surface area contributed by atoms with Gasteiger partial charge < -0.3 is 14.9 Å². The second-order valence-electron chi connectivity index (χ2n) is 4.63. The Morgan fingerprint density at radius 1 is 1.43 bits per heavy atom. The van der Waals surface area contributed by atoms with Gasteiger partial charge in [0.15, 0.2) is 0 Å². The van der Waals surface area contributed by atoms with Gasteiger partial charge in [-0.25, -0.2) is 0 Å². The Hall–Kier alpha value is -0.120. The van der Waals surface area contributed by atoms with E-state index in [0.717, 1.165) is 25.7 Å². The predicted octanol–water partition coefficient (Wildman–Crippen LogP) is 0.933. The molecule has 2 fully saturated rings. The summed E-state index contributed by atoms with van der Waals surface area (Å²) in [5, 5.41) is 18.8. The molecule has 0 radical (unpaired) electrons. The molecule has 0 aromatic rings. The van der Waals surface area contributed by atoms with Crippen LogP contribution in [0.2, 0.25) is 0 Å². The lowest BCUT2D eigenvalue weighted by Crippen LogP contribution is -2.28. The van der Waals surface area contributed by atoms with Crippen molar-refractivity contribution in [3.63, 3.8) is 0 Å². The minimum atomic E-state index is -0.319. The summed E-state index contributed by atoms with van der Waals surface area (Å²) in [7, 11) is 0. The second-order valence-corrected chi connectivity index (χ2v) is 4.63. The van der Waals surface area contributed by atoms with Crippen LogP contribution < -0.4 is 0 Å². The van der Waals surface area contributed by atoms with E-state index in [1.165, 1.54) is 0 Å². The molecule has 5 unspecified atom stereocenters. The van der Waals surface area contributed by atoms with E-state index in [0.29, 0.717) is 11.8 Å². The Bertz CT molecular complexity index is 195. The van der Waals surface area contributed by atoms with Gasteiger partial charge in [0.05, 0.1) is 18.3 Å². The van der Waals surface area contributed by atoms with Crippen LogP contribution in [-0.2, 0) is 4.74 Å². The van der Waals surface area contributed by atoms with Crippen molar-refractivity contribution in [3.05, 3.63) is 0 Å². The first-order valence-electron chi connectivity index (χ1n) is 5.70. The Labute approximate surface area is 85.1 Å². The zero-order chi connectivity index (χ0) is 10.1. The molecule has 0 bridgehead atoms. The number of ether oxygens (including phenoxy) is 1. The van der Waals surface area contributed by atoms with Crippen LogP contribution in [0.1, 0.15) is 32.6 Å². The lowest BCUT2D eigenvalue weighted by molar-refractivity contribution is -0.0572. The van der Waals surface area contributed by atoms with Gasteiger partial charge in [0, 0.05) is 12.5 Å². The van der Waals surface area contributed by atoms with Crippen LogP contribution in [-0.4, -0.2) is 35.1 Å². The fourth-order valence-corrected chi connectivity index (χ4v) is 2.88. The molecule has 14 heavy (non-hydrogen) atoms. The smallest absolute Gasteiger partial charge is 0.0841 e. The fourth-order valence-electron chi connectivity index (χ4n) is 2.88. The van der Waals surface area contributed by atoms with Gasteiger partial charge >= 0.3 is 0 Å². The van der Waals surface area contributed by atoms with Crippen molar-refractivity contribution in [2.24, 2.45) is 11.8 Å². The molecule has 5 atom stereocenters. The Balaban J connectivity index is 1.94. The molecule has 1 aliphatic heterocycles. The van der Waals surface area contributed by atoms with Crippen LogP contribution >= 0.6 is 0 Å². The molecule has 2 N–H and O–H groups in total. The predicted molar refractivity (Wildman–Crippen MR) is 52.9 cm³/mol. The Morgan fingerprint density at radius 2 is 2.21 bits per heavy atom. The van der Waals surface area contributed by atoms with Gasteiger partial charge in [0.25, 0.3) is 0 Å². The quantitative estimate of drug-likeness (QED) is 0.712. The molecule has 0 aromatic heterocycles. The third-order valence-electron chi connectivity index (χ3n) is 3.79. The maximum atomic E-state index is 9.68.